The van der Waals surface area contributed by atoms with E-state index in [2.05, 4.69) is 10.4 Å². The van der Waals surface area contributed by atoms with Crippen LogP contribution in [0.15, 0.2) is 77.9 Å². The number of benzene rings is 3. The van der Waals surface area contributed by atoms with Crippen molar-refractivity contribution in [3.05, 3.63) is 89.5 Å². The number of methoxy groups -OCH3 is 2. The standard InChI is InChI=1S/C27H24N6O3/c1-35-21-14-8-11-18(24(21)36-2)16-30-33-25(28)22(27(34)29-15-17-9-4-3-5-10-17)23-26(33)32-20-13-7-6-12-19(20)31-23/h3-14,16H,15,28H2,1-2H3,(H,29,34)/b30-16+. The van der Waals surface area contributed by atoms with Crippen molar-refractivity contribution < 1.29 is 14.3 Å². The molecule has 0 aliphatic heterocycles. The molecule has 9 heteroatoms. The Morgan fingerprint density at radius 3 is 2.42 bits per heavy atom. The number of hydrogen-bond donors (Lipinski definition) is 2. The van der Waals surface area contributed by atoms with Crippen LogP contribution < -0.4 is 20.5 Å². The van der Waals surface area contributed by atoms with Crippen LogP contribution in [0.1, 0.15) is 21.5 Å². The van der Waals surface area contributed by atoms with E-state index in [9.17, 15) is 4.79 Å². The van der Waals surface area contributed by atoms with Gasteiger partial charge < -0.3 is 20.5 Å². The predicted molar refractivity (Wildman–Crippen MR) is 140 cm³/mol. The topological polar surface area (TPSA) is 117 Å². The van der Waals surface area contributed by atoms with Crippen LogP contribution in [0, 0.1) is 0 Å². The van der Waals surface area contributed by atoms with Gasteiger partial charge in [-0.15, -0.1) is 0 Å². The zero-order valence-corrected chi connectivity index (χ0v) is 19.8. The predicted octanol–water partition coefficient (Wildman–Crippen LogP) is 4.00. The Bertz CT molecular complexity index is 1590. The first kappa shape index (κ1) is 22.9. The second-order valence-corrected chi connectivity index (χ2v) is 7.95. The highest BCUT2D eigenvalue weighted by molar-refractivity contribution is 6.10. The molecule has 0 radical (unpaired) electrons. The summed E-state index contributed by atoms with van der Waals surface area (Å²) in [4.78, 5) is 22.7. The van der Waals surface area contributed by atoms with Crippen molar-refractivity contribution in [1.29, 1.82) is 0 Å². The van der Waals surface area contributed by atoms with Gasteiger partial charge in [-0.3, -0.25) is 4.79 Å². The van der Waals surface area contributed by atoms with Crippen LogP contribution in [-0.4, -0.2) is 41.0 Å². The van der Waals surface area contributed by atoms with E-state index in [0.717, 1.165) is 5.56 Å². The second-order valence-electron chi connectivity index (χ2n) is 7.95. The number of nitrogen functional groups attached to an aromatic ring is 1. The number of hydrogen-bond acceptors (Lipinski definition) is 7. The number of carbonyl (C=O) groups excluding carboxylic acids is 1. The van der Waals surface area contributed by atoms with Crippen LogP contribution in [0.5, 0.6) is 11.5 Å². The molecule has 3 N–H and O–H groups in total. The van der Waals surface area contributed by atoms with E-state index in [1.165, 1.54) is 4.68 Å². The lowest BCUT2D eigenvalue weighted by atomic mass is 10.2. The van der Waals surface area contributed by atoms with Gasteiger partial charge in [-0.2, -0.15) is 9.78 Å². The molecule has 3 aromatic carbocycles. The van der Waals surface area contributed by atoms with E-state index in [1.54, 1.807) is 26.5 Å². The normalized spacial score (nSPS) is 11.3. The molecule has 0 spiro atoms. The summed E-state index contributed by atoms with van der Waals surface area (Å²) in [6.07, 6.45) is 1.58. The largest absolute Gasteiger partial charge is 0.493 e. The molecule has 36 heavy (non-hydrogen) atoms. The summed E-state index contributed by atoms with van der Waals surface area (Å²) in [6.45, 7) is 0.344. The highest BCUT2D eigenvalue weighted by atomic mass is 16.5. The third-order valence-electron chi connectivity index (χ3n) is 5.74. The van der Waals surface area contributed by atoms with Gasteiger partial charge in [0, 0.05) is 12.1 Å². The lowest BCUT2D eigenvalue weighted by molar-refractivity contribution is 0.0953. The highest BCUT2D eigenvalue weighted by Crippen LogP contribution is 2.31. The lowest BCUT2D eigenvalue weighted by Gasteiger charge is -2.09. The van der Waals surface area contributed by atoms with Gasteiger partial charge in [-0.25, -0.2) is 9.97 Å². The Kier molecular flexibility index (Phi) is 6.19. The minimum atomic E-state index is -0.362. The third kappa shape index (κ3) is 4.18. The van der Waals surface area contributed by atoms with E-state index >= 15 is 0 Å². The van der Waals surface area contributed by atoms with Crippen molar-refractivity contribution in [2.45, 2.75) is 6.54 Å². The molecule has 0 atom stereocenters. The summed E-state index contributed by atoms with van der Waals surface area (Å²) in [7, 11) is 3.12. The molecule has 5 aromatic rings. The summed E-state index contributed by atoms with van der Waals surface area (Å²) in [6, 6.07) is 22.5. The van der Waals surface area contributed by atoms with Crippen molar-refractivity contribution in [2.75, 3.05) is 20.0 Å². The number of carbonyl (C=O) groups is 1. The van der Waals surface area contributed by atoms with Gasteiger partial charge in [0.2, 0.25) is 0 Å². The molecule has 180 valence electrons. The highest BCUT2D eigenvalue weighted by Gasteiger charge is 2.24. The molecule has 0 aliphatic carbocycles. The fourth-order valence-electron chi connectivity index (χ4n) is 3.99. The zero-order valence-electron chi connectivity index (χ0n) is 19.8. The molecule has 0 saturated carbocycles. The fraction of sp³-hybridized carbons (Fsp3) is 0.111. The molecule has 0 bridgehead atoms. The maximum atomic E-state index is 13.3. The number of nitrogens with two attached hydrogens (primary N) is 1. The minimum absolute atomic E-state index is 0.129. The maximum Gasteiger partial charge on any atom is 0.257 e. The number of nitrogens with one attached hydrogen (secondary N) is 1. The van der Waals surface area contributed by atoms with Gasteiger partial charge in [0.15, 0.2) is 17.1 Å². The van der Waals surface area contributed by atoms with Crippen LogP contribution in [0.25, 0.3) is 22.2 Å². The third-order valence-corrected chi connectivity index (χ3v) is 5.74. The molecule has 0 saturated heterocycles. The lowest BCUT2D eigenvalue weighted by Crippen LogP contribution is -2.23. The van der Waals surface area contributed by atoms with E-state index < -0.39 is 0 Å². The Balaban J connectivity index is 1.62. The van der Waals surface area contributed by atoms with Gasteiger partial charge in [-0.1, -0.05) is 48.5 Å². The Morgan fingerprint density at radius 1 is 0.972 bits per heavy atom. The van der Waals surface area contributed by atoms with Crippen molar-refractivity contribution in [2.24, 2.45) is 5.10 Å². The molecule has 2 heterocycles. The number of ether oxygens (including phenoxy) is 2. The van der Waals surface area contributed by atoms with Crippen LogP contribution in [0.2, 0.25) is 0 Å². The summed E-state index contributed by atoms with van der Waals surface area (Å²) in [5.74, 6) is 0.859. The molecule has 5 rings (SSSR count). The van der Waals surface area contributed by atoms with Crippen LogP contribution in [-0.2, 0) is 6.54 Å². The van der Waals surface area contributed by atoms with Crippen LogP contribution in [0.3, 0.4) is 0 Å². The van der Waals surface area contributed by atoms with Gasteiger partial charge in [-0.05, 0) is 29.8 Å². The van der Waals surface area contributed by atoms with Gasteiger partial charge in [0.25, 0.3) is 5.91 Å². The van der Waals surface area contributed by atoms with Crippen molar-refractivity contribution in [1.82, 2.24) is 20.0 Å². The number of fused-ring (bicyclic) bond motifs is 2. The number of nitrogens with zero attached hydrogens (tertiary/aromatic N) is 4. The smallest absolute Gasteiger partial charge is 0.257 e. The molecule has 0 fully saturated rings. The number of para-hydroxylation sites is 3. The average Bonchev–Trinajstić information content (AvgIpc) is 3.19. The van der Waals surface area contributed by atoms with Crippen molar-refractivity contribution in [3.63, 3.8) is 0 Å². The first-order chi connectivity index (χ1) is 17.6. The SMILES string of the molecule is COc1cccc(/C=N/n2c(N)c(C(=O)NCc3ccccc3)c3nc4ccccc4nc32)c1OC. The van der Waals surface area contributed by atoms with Gasteiger partial charge >= 0.3 is 0 Å². The number of anilines is 1. The second kappa shape index (κ2) is 9.75. The van der Waals surface area contributed by atoms with E-state index in [1.807, 2.05) is 66.7 Å². The fourth-order valence-corrected chi connectivity index (χ4v) is 3.99. The summed E-state index contributed by atoms with van der Waals surface area (Å²) >= 11 is 0. The van der Waals surface area contributed by atoms with E-state index in [4.69, 9.17) is 25.2 Å². The van der Waals surface area contributed by atoms with Crippen molar-refractivity contribution >= 4 is 40.1 Å². The first-order valence-electron chi connectivity index (χ1n) is 11.2. The maximum absolute atomic E-state index is 13.3. The van der Waals surface area contributed by atoms with E-state index in [0.29, 0.717) is 45.8 Å². The zero-order chi connectivity index (χ0) is 25.1. The van der Waals surface area contributed by atoms with Crippen LogP contribution >= 0.6 is 0 Å². The van der Waals surface area contributed by atoms with Gasteiger partial charge in [0.05, 0.1) is 31.5 Å². The molecule has 0 unspecified atom stereocenters. The Labute approximate surface area is 207 Å². The molecular weight excluding hydrogens is 456 g/mol. The van der Waals surface area contributed by atoms with Crippen molar-refractivity contribution in [3.8, 4) is 11.5 Å². The monoisotopic (exact) mass is 480 g/mol. The minimum Gasteiger partial charge on any atom is -0.493 e. The number of aromatic nitrogens is 3. The number of amides is 1. The Hall–Kier alpha value is -4.92. The Morgan fingerprint density at radius 2 is 1.69 bits per heavy atom. The van der Waals surface area contributed by atoms with Gasteiger partial charge in [0.1, 0.15) is 16.9 Å². The van der Waals surface area contributed by atoms with Crippen LogP contribution in [0.4, 0.5) is 5.82 Å². The molecule has 2 aromatic heterocycles. The summed E-state index contributed by atoms with van der Waals surface area (Å²) in [5, 5.41) is 7.49. The quantitative estimate of drug-likeness (QED) is 0.340. The average molecular weight is 481 g/mol. The molecule has 1 amide bonds. The summed E-state index contributed by atoms with van der Waals surface area (Å²) in [5.41, 5.74) is 10.4. The molecule has 0 aliphatic rings. The summed E-state index contributed by atoms with van der Waals surface area (Å²) < 4.78 is 12.3. The first-order valence-corrected chi connectivity index (χ1v) is 11.2. The molecule has 9 nitrogen and oxygen atoms in total. The number of rotatable bonds is 7. The van der Waals surface area contributed by atoms with E-state index in [-0.39, 0.29) is 17.3 Å². The molecular formula is C27H24N6O3.